The Hall–Kier alpha value is -1.26. The van der Waals surface area contributed by atoms with Gasteiger partial charge in [0.1, 0.15) is 5.60 Å². The molecule has 0 aromatic carbocycles. The van der Waals surface area contributed by atoms with Crippen LogP contribution in [-0.4, -0.2) is 29.3 Å². The number of nitrogens with one attached hydrogen (secondary N) is 1. The normalized spacial score (nSPS) is 14.4. The molecule has 0 heterocycles. The molecule has 0 saturated carbocycles. The highest BCUT2D eigenvalue weighted by molar-refractivity contribution is 5.76. The molecule has 5 nitrogen and oxygen atoms in total. The fourth-order valence-electron chi connectivity index (χ4n) is 2.76. The van der Waals surface area contributed by atoms with E-state index >= 15 is 0 Å². The van der Waals surface area contributed by atoms with E-state index < -0.39 is 23.1 Å². The first-order chi connectivity index (χ1) is 10.5. The summed E-state index contributed by atoms with van der Waals surface area (Å²) < 4.78 is 5.22. The van der Waals surface area contributed by atoms with Crippen LogP contribution in [0.2, 0.25) is 0 Å². The van der Waals surface area contributed by atoms with Crippen molar-refractivity contribution in [3.8, 4) is 0 Å². The zero-order valence-electron chi connectivity index (χ0n) is 15.7. The first kappa shape index (κ1) is 21.7. The molecule has 0 aliphatic rings. The molecule has 5 heteroatoms. The Morgan fingerprint density at radius 2 is 1.74 bits per heavy atom. The van der Waals surface area contributed by atoms with Crippen LogP contribution in [-0.2, 0) is 9.53 Å². The summed E-state index contributed by atoms with van der Waals surface area (Å²) in [6.07, 6.45) is 4.68. The van der Waals surface area contributed by atoms with Crippen molar-refractivity contribution < 1.29 is 19.4 Å². The number of amides is 1. The molecule has 1 unspecified atom stereocenters. The number of hydrogen-bond donors (Lipinski definition) is 2. The average Bonchev–Trinajstić information content (AvgIpc) is 2.38. The molecule has 0 radical (unpaired) electrons. The first-order valence-corrected chi connectivity index (χ1v) is 8.72. The van der Waals surface area contributed by atoms with Crippen molar-refractivity contribution in [3.63, 3.8) is 0 Å². The number of carboxylic acid groups (broad SMARTS) is 1. The molecule has 2 N–H and O–H groups in total. The average molecular weight is 329 g/mol. The Balaban J connectivity index is 4.87. The van der Waals surface area contributed by atoms with Gasteiger partial charge in [-0.2, -0.15) is 0 Å². The number of rotatable bonds is 10. The van der Waals surface area contributed by atoms with Crippen molar-refractivity contribution in [1.29, 1.82) is 0 Å². The Labute approximate surface area is 141 Å². The van der Waals surface area contributed by atoms with Gasteiger partial charge in [-0.05, 0) is 39.5 Å². The minimum absolute atomic E-state index is 0.113. The van der Waals surface area contributed by atoms with Gasteiger partial charge in [-0.3, -0.25) is 4.79 Å². The van der Waals surface area contributed by atoms with E-state index in [1.165, 1.54) is 0 Å². The third-order valence-corrected chi connectivity index (χ3v) is 3.73. The van der Waals surface area contributed by atoms with E-state index in [0.29, 0.717) is 12.8 Å². The minimum Gasteiger partial charge on any atom is -0.481 e. The number of carboxylic acids is 1. The standard InChI is InChI=1S/C18H35NO4/c1-7-8-9-10-11-18(15(20)21,12-14(2)3)13-19-16(22)23-17(4,5)6/h14H,7-13H2,1-6H3,(H,19,22)(H,20,21). The number of hydrogen-bond acceptors (Lipinski definition) is 3. The summed E-state index contributed by atoms with van der Waals surface area (Å²) in [6.45, 7) is 11.6. The second-order valence-corrected chi connectivity index (χ2v) is 7.85. The zero-order valence-corrected chi connectivity index (χ0v) is 15.7. The molecule has 1 atom stereocenters. The van der Waals surface area contributed by atoms with Crippen LogP contribution >= 0.6 is 0 Å². The van der Waals surface area contributed by atoms with Gasteiger partial charge in [0.15, 0.2) is 0 Å². The Bertz CT molecular complexity index is 374. The maximum atomic E-state index is 11.9. The van der Waals surface area contributed by atoms with E-state index in [9.17, 15) is 14.7 Å². The summed E-state index contributed by atoms with van der Waals surface area (Å²) in [6, 6.07) is 0. The van der Waals surface area contributed by atoms with Crippen LogP contribution in [0, 0.1) is 11.3 Å². The summed E-state index contributed by atoms with van der Waals surface area (Å²) in [5.41, 5.74) is -1.51. The highest BCUT2D eigenvalue weighted by Crippen LogP contribution is 2.33. The van der Waals surface area contributed by atoms with E-state index in [4.69, 9.17) is 4.74 Å². The zero-order chi connectivity index (χ0) is 18.1. The largest absolute Gasteiger partial charge is 0.481 e. The molecule has 136 valence electrons. The van der Waals surface area contributed by atoms with Crippen LogP contribution < -0.4 is 5.32 Å². The number of ether oxygens (including phenoxy) is 1. The molecule has 0 spiro atoms. The van der Waals surface area contributed by atoms with E-state index in [1.807, 2.05) is 13.8 Å². The van der Waals surface area contributed by atoms with E-state index in [2.05, 4.69) is 12.2 Å². The van der Waals surface area contributed by atoms with Gasteiger partial charge in [-0.25, -0.2) is 4.79 Å². The Kier molecular flexibility index (Phi) is 9.25. The van der Waals surface area contributed by atoms with Gasteiger partial charge in [-0.1, -0.05) is 46.5 Å². The van der Waals surface area contributed by atoms with Gasteiger partial charge < -0.3 is 15.2 Å². The lowest BCUT2D eigenvalue weighted by Crippen LogP contribution is -2.45. The molecule has 1 amide bonds. The van der Waals surface area contributed by atoms with Gasteiger partial charge in [-0.15, -0.1) is 0 Å². The summed E-state index contributed by atoms with van der Waals surface area (Å²) in [5, 5.41) is 12.4. The highest BCUT2D eigenvalue weighted by atomic mass is 16.6. The SMILES string of the molecule is CCCCCCC(CNC(=O)OC(C)(C)C)(CC(C)C)C(=O)O. The predicted molar refractivity (Wildman–Crippen MR) is 92.5 cm³/mol. The molecular weight excluding hydrogens is 294 g/mol. The predicted octanol–water partition coefficient (Wildman–Crippen LogP) is 4.60. The first-order valence-electron chi connectivity index (χ1n) is 8.72. The van der Waals surface area contributed by atoms with Crippen molar-refractivity contribution >= 4 is 12.1 Å². The third kappa shape index (κ3) is 9.47. The van der Waals surface area contributed by atoms with Crippen molar-refractivity contribution in [1.82, 2.24) is 5.32 Å². The Morgan fingerprint density at radius 1 is 1.13 bits per heavy atom. The lowest BCUT2D eigenvalue weighted by Gasteiger charge is -2.32. The van der Waals surface area contributed by atoms with Gasteiger partial charge in [0.2, 0.25) is 0 Å². The number of aliphatic carboxylic acids is 1. The van der Waals surface area contributed by atoms with Crippen LogP contribution in [0.15, 0.2) is 0 Å². The van der Waals surface area contributed by atoms with Gasteiger partial charge in [0, 0.05) is 6.54 Å². The van der Waals surface area contributed by atoms with Crippen molar-refractivity contribution in [2.45, 2.75) is 85.7 Å². The van der Waals surface area contributed by atoms with Crippen LogP contribution in [0.3, 0.4) is 0 Å². The molecule has 0 saturated heterocycles. The maximum Gasteiger partial charge on any atom is 0.407 e. The van der Waals surface area contributed by atoms with E-state index in [-0.39, 0.29) is 12.5 Å². The summed E-state index contributed by atoms with van der Waals surface area (Å²) in [4.78, 5) is 23.8. The van der Waals surface area contributed by atoms with Gasteiger partial charge >= 0.3 is 12.1 Å². The van der Waals surface area contributed by atoms with Gasteiger partial charge in [0.05, 0.1) is 5.41 Å². The minimum atomic E-state index is -0.918. The molecule has 23 heavy (non-hydrogen) atoms. The van der Waals surface area contributed by atoms with Crippen LogP contribution in [0.25, 0.3) is 0 Å². The van der Waals surface area contributed by atoms with Crippen LogP contribution in [0.4, 0.5) is 4.79 Å². The van der Waals surface area contributed by atoms with Crippen molar-refractivity contribution in [3.05, 3.63) is 0 Å². The summed E-state index contributed by atoms with van der Waals surface area (Å²) >= 11 is 0. The second kappa shape index (κ2) is 9.78. The molecule has 0 aromatic rings. The van der Waals surface area contributed by atoms with Crippen molar-refractivity contribution in [2.24, 2.45) is 11.3 Å². The topological polar surface area (TPSA) is 75.6 Å². The summed E-state index contributed by atoms with van der Waals surface area (Å²) in [5.74, 6) is -0.587. The Morgan fingerprint density at radius 3 is 2.17 bits per heavy atom. The summed E-state index contributed by atoms with van der Waals surface area (Å²) in [7, 11) is 0. The lowest BCUT2D eigenvalue weighted by atomic mass is 9.76. The molecule has 0 fully saturated rings. The third-order valence-electron chi connectivity index (χ3n) is 3.73. The van der Waals surface area contributed by atoms with Crippen molar-refractivity contribution in [2.75, 3.05) is 6.54 Å². The molecule has 0 aliphatic heterocycles. The number of alkyl carbamates (subject to hydrolysis) is 1. The number of carbonyl (C=O) groups is 2. The monoisotopic (exact) mass is 329 g/mol. The molecule has 0 aliphatic carbocycles. The van der Waals surface area contributed by atoms with Crippen LogP contribution in [0.5, 0.6) is 0 Å². The molecule has 0 bridgehead atoms. The number of carbonyl (C=O) groups excluding carboxylic acids is 1. The molecular formula is C18H35NO4. The number of unbranched alkanes of at least 4 members (excludes halogenated alkanes) is 3. The van der Waals surface area contributed by atoms with E-state index in [0.717, 1.165) is 25.7 Å². The quantitative estimate of drug-likeness (QED) is 0.574. The second-order valence-electron chi connectivity index (χ2n) is 7.85. The highest BCUT2D eigenvalue weighted by Gasteiger charge is 2.39. The molecule has 0 rings (SSSR count). The fraction of sp³-hybridized carbons (Fsp3) is 0.889. The fourth-order valence-corrected chi connectivity index (χ4v) is 2.76. The van der Waals surface area contributed by atoms with E-state index in [1.54, 1.807) is 20.8 Å². The maximum absolute atomic E-state index is 11.9. The lowest BCUT2D eigenvalue weighted by molar-refractivity contribution is -0.150. The molecule has 0 aromatic heterocycles. The smallest absolute Gasteiger partial charge is 0.407 e. The van der Waals surface area contributed by atoms with Gasteiger partial charge in [0.25, 0.3) is 0 Å². The van der Waals surface area contributed by atoms with Crippen LogP contribution in [0.1, 0.15) is 80.1 Å².